The molecule has 0 N–H and O–H groups in total. The second kappa shape index (κ2) is 21.4. The lowest BCUT2D eigenvalue weighted by Crippen LogP contribution is -2.10. The lowest BCUT2D eigenvalue weighted by atomic mass is 9.96. The minimum absolute atomic E-state index is 1.08. The quantitative estimate of drug-likeness (QED) is 0.114. The van der Waals surface area contributed by atoms with E-state index in [1.807, 2.05) is 0 Å². The van der Waals surface area contributed by atoms with Crippen LogP contribution in [0.4, 0.5) is 34.1 Å². The summed E-state index contributed by atoms with van der Waals surface area (Å²) in [6.07, 6.45) is 0. The maximum absolute atomic E-state index is 2.36. The van der Waals surface area contributed by atoms with Crippen molar-refractivity contribution in [2.24, 2.45) is 0 Å². The summed E-state index contributed by atoms with van der Waals surface area (Å²) in [5.41, 5.74) is 25.8. The van der Waals surface area contributed by atoms with E-state index in [-0.39, 0.29) is 0 Å². The summed E-state index contributed by atoms with van der Waals surface area (Å²) in [6.45, 7) is 4.34. The van der Waals surface area contributed by atoms with Gasteiger partial charge in [0.1, 0.15) is 0 Å². The van der Waals surface area contributed by atoms with E-state index in [0.717, 1.165) is 45.3 Å². The van der Waals surface area contributed by atoms with E-state index in [4.69, 9.17) is 0 Å². The first-order valence-electron chi connectivity index (χ1n) is 26.1. The first-order chi connectivity index (χ1) is 37.5. The number of aryl methyl sites for hydroxylation is 2. The monoisotopic (exact) mass is 972 g/mol. The summed E-state index contributed by atoms with van der Waals surface area (Å²) in [4.78, 5) is 4.70. The molecule has 0 aliphatic carbocycles. The van der Waals surface area contributed by atoms with Crippen LogP contribution in [0.5, 0.6) is 0 Å². The Balaban J connectivity index is 0.853. The maximum Gasteiger partial charge on any atom is 0.0462 e. The predicted molar refractivity (Wildman–Crippen MR) is 323 cm³/mol. The number of benzene rings is 12. The molecule has 0 saturated carbocycles. The maximum atomic E-state index is 2.36. The van der Waals surface area contributed by atoms with Crippen molar-refractivity contribution in [1.29, 1.82) is 0 Å². The van der Waals surface area contributed by atoms with Crippen molar-refractivity contribution < 1.29 is 0 Å². The fraction of sp³-hybridized carbons (Fsp3) is 0.0270. The van der Waals surface area contributed by atoms with Gasteiger partial charge in [0, 0.05) is 34.1 Å². The van der Waals surface area contributed by atoms with Gasteiger partial charge in [-0.3, -0.25) is 0 Å². The Labute approximate surface area is 447 Å². The third-order valence-electron chi connectivity index (χ3n) is 14.4. The van der Waals surface area contributed by atoms with Crippen molar-refractivity contribution in [2.75, 3.05) is 9.80 Å². The zero-order valence-corrected chi connectivity index (χ0v) is 42.8. The van der Waals surface area contributed by atoms with Crippen molar-refractivity contribution in [3.63, 3.8) is 0 Å². The summed E-state index contributed by atoms with van der Waals surface area (Å²) in [5.74, 6) is 0. The molecule has 12 aromatic carbocycles. The largest absolute Gasteiger partial charge is 0.311 e. The number of anilines is 6. The highest BCUT2D eigenvalue weighted by Gasteiger charge is 2.17. The van der Waals surface area contributed by atoms with Crippen LogP contribution in [0.25, 0.3) is 77.9 Å². The van der Waals surface area contributed by atoms with Crippen molar-refractivity contribution in [2.45, 2.75) is 13.8 Å². The molecule has 76 heavy (non-hydrogen) atoms. The third-order valence-corrected chi connectivity index (χ3v) is 14.4. The van der Waals surface area contributed by atoms with E-state index < -0.39 is 0 Å². The first kappa shape index (κ1) is 47.3. The zero-order chi connectivity index (χ0) is 51.2. The van der Waals surface area contributed by atoms with Crippen LogP contribution in [0, 0.1) is 13.8 Å². The van der Waals surface area contributed by atoms with Crippen molar-refractivity contribution in [1.82, 2.24) is 0 Å². The van der Waals surface area contributed by atoms with Gasteiger partial charge in [0.2, 0.25) is 0 Å². The van der Waals surface area contributed by atoms with Crippen LogP contribution >= 0.6 is 0 Å². The van der Waals surface area contributed by atoms with E-state index in [0.29, 0.717) is 0 Å². The van der Waals surface area contributed by atoms with Gasteiger partial charge in [0.15, 0.2) is 0 Å². The van der Waals surface area contributed by atoms with Crippen molar-refractivity contribution >= 4 is 34.1 Å². The fourth-order valence-electron chi connectivity index (χ4n) is 10.5. The minimum atomic E-state index is 1.08. The van der Waals surface area contributed by atoms with Gasteiger partial charge in [-0.2, -0.15) is 0 Å². The molecule has 12 rings (SSSR count). The molecule has 0 amide bonds. The average molecular weight is 973 g/mol. The molecule has 0 heterocycles. The third kappa shape index (κ3) is 10.3. The highest BCUT2D eigenvalue weighted by Crippen LogP contribution is 2.41. The molecule has 0 spiro atoms. The molecule has 0 saturated heterocycles. The normalized spacial score (nSPS) is 11.0. The van der Waals surface area contributed by atoms with Crippen LogP contribution in [0.3, 0.4) is 0 Å². The lowest BCUT2D eigenvalue weighted by molar-refractivity contribution is 1.28. The molecule has 0 aliphatic heterocycles. The standard InChI is InChI=1S/C74H56N2/c1-53-49-54(2)51-68(50-53)67-20-12-19-66(52-67)65-35-47-74(48-36-65)76(71-41-29-62(30-42-71)59-23-21-58(22-24-59)55-13-6-3-7-14-55)73-45-33-64(34-46-73)63-31-43-72(44-32-63)75(69-37-25-60(26-38-69)56-15-8-4-9-16-56)70-39-27-61(28-40-70)57-17-10-5-11-18-57/h3-52H,1-2H3. The Morgan fingerprint density at radius 1 is 0.158 bits per heavy atom. The topological polar surface area (TPSA) is 6.48 Å². The lowest BCUT2D eigenvalue weighted by Gasteiger charge is -2.27. The van der Waals surface area contributed by atoms with Crippen LogP contribution in [0.2, 0.25) is 0 Å². The second-order valence-electron chi connectivity index (χ2n) is 19.6. The number of rotatable bonds is 13. The van der Waals surface area contributed by atoms with Gasteiger partial charge >= 0.3 is 0 Å². The molecule has 0 bridgehead atoms. The smallest absolute Gasteiger partial charge is 0.0462 e. The molecule has 2 heteroatoms. The molecule has 0 aliphatic rings. The van der Waals surface area contributed by atoms with Crippen LogP contribution in [-0.4, -0.2) is 0 Å². The Kier molecular flexibility index (Phi) is 13.3. The minimum Gasteiger partial charge on any atom is -0.311 e. The molecule has 0 fully saturated rings. The average Bonchev–Trinajstić information content (AvgIpc) is 3.50. The van der Waals surface area contributed by atoms with Gasteiger partial charge < -0.3 is 9.80 Å². The SMILES string of the molecule is Cc1cc(C)cc(-c2cccc(-c3ccc(N(c4ccc(-c5ccc(-c6ccccc6)cc5)cc4)c4ccc(-c5ccc(N(c6ccc(-c7ccccc7)cc6)c6ccc(-c7ccccc7)cc6)cc5)cc4)cc3)c2)c1. The fourth-order valence-corrected chi connectivity index (χ4v) is 10.5. The summed E-state index contributed by atoms with van der Waals surface area (Å²) in [7, 11) is 0. The number of hydrogen-bond donors (Lipinski definition) is 0. The van der Waals surface area contributed by atoms with Gasteiger partial charge in [-0.05, 0) is 171 Å². The van der Waals surface area contributed by atoms with Crippen LogP contribution in [-0.2, 0) is 0 Å². The molecule has 362 valence electrons. The molecular formula is C74H56N2. The van der Waals surface area contributed by atoms with E-state index in [2.05, 4.69) is 327 Å². The Bertz CT molecular complexity index is 3750. The molecule has 0 aromatic heterocycles. The molecule has 12 aromatic rings. The molecule has 0 atom stereocenters. The summed E-state index contributed by atoms with van der Waals surface area (Å²) < 4.78 is 0. The highest BCUT2D eigenvalue weighted by molar-refractivity contribution is 5.84. The molecular weight excluding hydrogens is 917 g/mol. The van der Waals surface area contributed by atoms with Gasteiger partial charge in [-0.15, -0.1) is 0 Å². The van der Waals surface area contributed by atoms with Crippen LogP contribution in [0.1, 0.15) is 11.1 Å². The van der Waals surface area contributed by atoms with Gasteiger partial charge in [0.05, 0.1) is 0 Å². The van der Waals surface area contributed by atoms with E-state index >= 15 is 0 Å². The number of nitrogens with zero attached hydrogens (tertiary/aromatic N) is 2. The Morgan fingerprint density at radius 2 is 0.355 bits per heavy atom. The van der Waals surface area contributed by atoms with E-state index in [1.165, 1.54) is 77.9 Å². The van der Waals surface area contributed by atoms with Gasteiger partial charge in [-0.1, -0.05) is 236 Å². The second-order valence-corrected chi connectivity index (χ2v) is 19.6. The van der Waals surface area contributed by atoms with Crippen molar-refractivity contribution in [3.8, 4) is 77.9 Å². The highest BCUT2D eigenvalue weighted by atomic mass is 15.1. The van der Waals surface area contributed by atoms with E-state index in [9.17, 15) is 0 Å². The first-order valence-corrected chi connectivity index (χ1v) is 26.1. The molecule has 2 nitrogen and oxygen atoms in total. The predicted octanol–water partition coefficient (Wildman–Crippen LogP) is 20.9. The molecule has 0 unspecified atom stereocenters. The zero-order valence-electron chi connectivity index (χ0n) is 42.8. The van der Waals surface area contributed by atoms with Gasteiger partial charge in [-0.25, -0.2) is 0 Å². The summed E-state index contributed by atoms with van der Waals surface area (Å²) in [6, 6.07) is 110. The van der Waals surface area contributed by atoms with Crippen LogP contribution in [0.15, 0.2) is 303 Å². The number of hydrogen-bond acceptors (Lipinski definition) is 2. The van der Waals surface area contributed by atoms with E-state index in [1.54, 1.807) is 0 Å². The molecule has 0 radical (unpaired) electrons. The summed E-state index contributed by atoms with van der Waals surface area (Å²) >= 11 is 0. The van der Waals surface area contributed by atoms with Crippen molar-refractivity contribution in [3.05, 3.63) is 314 Å². The Hall–Kier alpha value is -9.76. The Morgan fingerprint density at radius 3 is 0.618 bits per heavy atom. The van der Waals surface area contributed by atoms with Crippen LogP contribution < -0.4 is 9.80 Å². The summed E-state index contributed by atoms with van der Waals surface area (Å²) in [5, 5.41) is 0. The van der Waals surface area contributed by atoms with Gasteiger partial charge in [0.25, 0.3) is 0 Å².